The van der Waals surface area contributed by atoms with Gasteiger partial charge in [-0.3, -0.25) is 9.48 Å². The van der Waals surface area contributed by atoms with E-state index in [0.717, 1.165) is 18.5 Å². The first-order chi connectivity index (χ1) is 7.16. The summed E-state index contributed by atoms with van der Waals surface area (Å²) in [7, 11) is 0. The number of aryl methyl sites for hydroxylation is 1. The molecule has 1 aromatic rings. The van der Waals surface area contributed by atoms with Crippen molar-refractivity contribution in [2.45, 2.75) is 38.8 Å². The highest BCUT2D eigenvalue weighted by Crippen LogP contribution is 2.18. The van der Waals surface area contributed by atoms with Gasteiger partial charge in [0.05, 0.1) is 23.5 Å². The van der Waals surface area contributed by atoms with E-state index in [4.69, 9.17) is 11.6 Å². The highest BCUT2D eigenvalue weighted by atomic mass is 35.5. The van der Waals surface area contributed by atoms with Crippen LogP contribution in [0.5, 0.6) is 0 Å². The van der Waals surface area contributed by atoms with Crippen molar-refractivity contribution in [2.75, 3.05) is 0 Å². The molecule has 0 saturated heterocycles. The summed E-state index contributed by atoms with van der Waals surface area (Å²) < 4.78 is 1.76. The van der Waals surface area contributed by atoms with Gasteiger partial charge in [-0.15, -0.1) is 0 Å². The van der Waals surface area contributed by atoms with Gasteiger partial charge in [0.1, 0.15) is 0 Å². The van der Waals surface area contributed by atoms with Crippen molar-refractivity contribution in [1.29, 1.82) is 0 Å². The van der Waals surface area contributed by atoms with E-state index < -0.39 is 0 Å². The van der Waals surface area contributed by atoms with Gasteiger partial charge in [-0.2, -0.15) is 5.10 Å². The lowest BCUT2D eigenvalue weighted by atomic mass is 10.4. The second-order valence-electron chi connectivity index (χ2n) is 3.89. The fourth-order valence-corrected chi connectivity index (χ4v) is 1.53. The van der Waals surface area contributed by atoms with Crippen LogP contribution in [0.2, 0.25) is 5.02 Å². The van der Waals surface area contributed by atoms with Crippen molar-refractivity contribution in [3.05, 3.63) is 16.9 Å². The average molecular weight is 228 g/mol. The molecule has 2 rings (SSSR count). The number of hydrogen-bond acceptors (Lipinski definition) is 2. The molecule has 1 aromatic heterocycles. The summed E-state index contributed by atoms with van der Waals surface area (Å²) in [5, 5.41) is 7.67. The topological polar surface area (TPSA) is 46.9 Å². The van der Waals surface area contributed by atoms with Crippen LogP contribution < -0.4 is 5.32 Å². The minimum atomic E-state index is 0.100. The fraction of sp³-hybridized carbons (Fsp3) is 0.600. The van der Waals surface area contributed by atoms with Crippen molar-refractivity contribution in [2.24, 2.45) is 0 Å². The zero-order valence-electron chi connectivity index (χ0n) is 8.66. The molecule has 1 heterocycles. The third-order valence-electron chi connectivity index (χ3n) is 2.54. The molecule has 15 heavy (non-hydrogen) atoms. The molecule has 5 heteroatoms. The second kappa shape index (κ2) is 4.23. The molecule has 4 nitrogen and oxygen atoms in total. The Kier molecular flexibility index (Phi) is 2.95. The molecule has 0 atom stereocenters. The van der Waals surface area contributed by atoms with Gasteiger partial charge in [-0.25, -0.2) is 0 Å². The zero-order valence-corrected chi connectivity index (χ0v) is 9.42. The maximum absolute atomic E-state index is 11.4. The maximum atomic E-state index is 11.4. The smallest absolute Gasteiger partial charge is 0.222 e. The largest absolute Gasteiger partial charge is 0.353 e. The Morgan fingerprint density at radius 2 is 2.47 bits per heavy atom. The Morgan fingerprint density at radius 3 is 3.00 bits per heavy atom. The van der Waals surface area contributed by atoms with Crippen molar-refractivity contribution < 1.29 is 4.79 Å². The molecule has 0 aliphatic heterocycles. The van der Waals surface area contributed by atoms with E-state index in [0.29, 0.717) is 24.0 Å². The van der Waals surface area contributed by atoms with Crippen LogP contribution in [0.15, 0.2) is 6.20 Å². The van der Waals surface area contributed by atoms with Gasteiger partial charge in [0.2, 0.25) is 5.91 Å². The van der Waals surface area contributed by atoms with E-state index in [1.807, 2.05) is 6.92 Å². The van der Waals surface area contributed by atoms with E-state index in [2.05, 4.69) is 10.4 Å². The summed E-state index contributed by atoms with van der Waals surface area (Å²) in [5.41, 5.74) is 0.913. The quantitative estimate of drug-likeness (QED) is 0.848. The molecule has 1 aliphatic rings. The number of aromatic nitrogens is 2. The molecule has 0 bridgehead atoms. The van der Waals surface area contributed by atoms with Crippen LogP contribution in [-0.2, 0) is 11.3 Å². The van der Waals surface area contributed by atoms with Crippen molar-refractivity contribution >= 4 is 17.5 Å². The third kappa shape index (κ3) is 2.72. The molecule has 1 N–H and O–H groups in total. The Balaban J connectivity index is 1.81. The highest BCUT2D eigenvalue weighted by Gasteiger charge is 2.22. The number of rotatable bonds is 4. The first kappa shape index (κ1) is 10.5. The van der Waals surface area contributed by atoms with Crippen molar-refractivity contribution in [3.63, 3.8) is 0 Å². The SMILES string of the molecule is Cc1c(Cl)cnn1CCC(=O)NC1CC1. The number of carbonyl (C=O) groups excluding carboxylic acids is 1. The summed E-state index contributed by atoms with van der Waals surface area (Å²) >= 11 is 5.86. The van der Waals surface area contributed by atoms with Crippen LogP contribution in [0.4, 0.5) is 0 Å². The molecule has 0 unspecified atom stereocenters. The van der Waals surface area contributed by atoms with Crippen molar-refractivity contribution in [1.82, 2.24) is 15.1 Å². The Bertz CT molecular complexity index is 371. The van der Waals surface area contributed by atoms with Gasteiger partial charge in [-0.05, 0) is 19.8 Å². The molecule has 0 aromatic carbocycles. The monoisotopic (exact) mass is 227 g/mol. The predicted molar refractivity (Wildman–Crippen MR) is 57.8 cm³/mol. The molecule has 1 saturated carbocycles. The van der Waals surface area contributed by atoms with Gasteiger partial charge in [0.15, 0.2) is 0 Å². The van der Waals surface area contributed by atoms with Crippen LogP contribution in [0.1, 0.15) is 25.0 Å². The van der Waals surface area contributed by atoms with E-state index in [1.165, 1.54) is 0 Å². The zero-order chi connectivity index (χ0) is 10.8. The van der Waals surface area contributed by atoms with Crippen LogP contribution >= 0.6 is 11.6 Å². The summed E-state index contributed by atoms with van der Waals surface area (Å²) in [6.07, 6.45) is 4.32. The summed E-state index contributed by atoms with van der Waals surface area (Å²) in [6, 6.07) is 0.430. The molecular weight excluding hydrogens is 214 g/mol. The predicted octanol–water partition coefficient (Wildman–Crippen LogP) is 1.51. The normalized spacial score (nSPS) is 15.3. The Morgan fingerprint density at radius 1 is 1.73 bits per heavy atom. The number of carbonyl (C=O) groups is 1. The molecular formula is C10H14ClN3O. The number of nitrogens with one attached hydrogen (secondary N) is 1. The number of halogens is 1. The van der Waals surface area contributed by atoms with Gasteiger partial charge >= 0.3 is 0 Å². The van der Waals surface area contributed by atoms with Gasteiger partial charge < -0.3 is 5.32 Å². The Labute approximate surface area is 93.6 Å². The van der Waals surface area contributed by atoms with Crippen LogP contribution in [-0.4, -0.2) is 21.7 Å². The fourth-order valence-electron chi connectivity index (χ4n) is 1.38. The lowest BCUT2D eigenvalue weighted by molar-refractivity contribution is -0.121. The number of hydrogen-bond donors (Lipinski definition) is 1. The lowest BCUT2D eigenvalue weighted by Gasteiger charge is -2.05. The van der Waals surface area contributed by atoms with E-state index >= 15 is 0 Å². The lowest BCUT2D eigenvalue weighted by Crippen LogP contribution is -2.26. The van der Waals surface area contributed by atoms with E-state index in [-0.39, 0.29) is 5.91 Å². The highest BCUT2D eigenvalue weighted by molar-refractivity contribution is 6.31. The summed E-state index contributed by atoms with van der Waals surface area (Å²) in [6.45, 7) is 2.49. The van der Waals surface area contributed by atoms with Crippen LogP contribution in [0.3, 0.4) is 0 Å². The minimum Gasteiger partial charge on any atom is -0.353 e. The van der Waals surface area contributed by atoms with Crippen LogP contribution in [0.25, 0.3) is 0 Å². The first-order valence-electron chi connectivity index (χ1n) is 5.14. The molecule has 0 spiro atoms. The number of nitrogens with zero attached hydrogens (tertiary/aromatic N) is 2. The molecule has 0 radical (unpaired) electrons. The Hall–Kier alpha value is -1.03. The first-order valence-corrected chi connectivity index (χ1v) is 5.52. The standard InChI is InChI=1S/C10H14ClN3O/c1-7-9(11)6-12-14(7)5-4-10(15)13-8-2-3-8/h6,8H,2-5H2,1H3,(H,13,15). The number of amides is 1. The molecule has 1 fully saturated rings. The van der Waals surface area contributed by atoms with Crippen molar-refractivity contribution in [3.8, 4) is 0 Å². The average Bonchev–Trinajstić information content (AvgIpc) is 2.95. The minimum absolute atomic E-state index is 0.100. The molecule has 1 aliphatic carbocycles. The van der Waals surface area contributed by atoms with Crippen LogP contribution in [0, 0.1) is 6.92 Å². The summed E-state index contributed by atoms with van der Waals surface area (Å²) in [5.74, 6) is 0.100. The van der Waals surface area contributed by atoms with Gasteiger partial charge in [0, 0.05) is 12.5 Å². The van der Waals surface area contributed by atoms with E-state index in [1.54, 1.807) is 10.9 Å². The molecule has 82 valence electrons. The second-order valence-corrected chi connectivity index (χ2v) is 4.30. The van der Waals surface area contributed by atoms with E-state index in [9.17, 15) is 4.79 Å². The summed E-state index contributed by atoms with van der Waals surface area (Å²) in [4.78, 5) is 11.4. The maximum Gasteiger partial charge on any atom is 0.222 e. The molecule has 1 amide bonds. The third-order valence-corrected chi connectivity index (χ3v) is 2.91. The van der Waals surface area contributed by atoms with Gasteiger partial charge in [-0.1, -0.05) is 11.6 Å². The van der Waals surface area contributed by atoms with Gasteiger partial charge in [0.25, 0.3) is 0 Å².